The van der Waals surface area contributed by atoms with Gasteiger partial charge in [0.05, 0.1) is 0 Å². The molecule has 0 unspecified atom stereocenters. The van der Waals surface area contributed by atoms with E-state index in [-0.39, 0.29) is 0 Å². The molecule has 0 aliphatic heterocycles. The van der Waals surface area contributed by atoms with Crippen LogP contribution in [0.5, 0.6) is 5.75 Å². The van der Waals surface area contributed by atoms with Gasteiger partial charge >= 0.3 is 172 Å². The quantitative estimate of drug-likeness (QED) is 0.277. The first-order valence-electron chi connectivity index (χ1n) is 11.0. The zero-order valence-corrected chi connectivity index (χ0v) is 20.5. The molecule has 1 nitrogen and oxygen atoms in total. The number of rotatable bonds is 13. The second kappa shape index (κ2) is 12.5. The van der Waals surface area contributed by atoms with Crippen molar-refractivity contribution < 1.29 is 4.74 Å². The predicted molar refractivity (Wildman–Crippen MR) is 122 cm³/mol. The fourth-order valence-electron chi connectivity index (χ4n) is 4.09. The standard InChI is InChI=1S/C13H11O.3C4H9.Sn/c1-3-7-12(8-4-1)11-14-13-9-5-2-6-10-13;3*1-3-4-2;/h1-9H,11H2;3*1,3-4H2,2H3;. The van der Waals surface area contributed by atoms with E-state index in [9.17, 15) is 0 Å². The summed E-state index contributed by atoms with van der Waals surface area (Å²) in [7, 11) is 0. The maximum absolute atomic E-state index is 6.42. The molecule has 0 N–H and O–H groups in total. The summed E-state index contributed by atoms with van der Waals surface area (Å²) in [5.74, 6) is 1.18. The van der Waals surface area contributed by atoms with Gasteiger partial charge in [-0.2, -0.15) is 0 Å². The zero-order chi connectivity index (χ0) is 19.4. The molecule has 0 heterocycles. The molecule has 0 spiro atoms. The monoisotopic (exact) mass is 474 g/mol. The Balaban J connectivity index is 2.31. The molecule has 0 saturated heterocycles. The zero-order valence-electron chi connectivity index (χ0n) is 17.7. The molecule has 0 fully saturated rings. The Morgan fingerprint density at radius 2 is 1.19 bits per heavy atom. The van der Waals surface area contributed by atoms with Crippen molar-refractivity contribution in [2.45, 2.75) is 79.2 Å². The van der Waals surface area contributed by atoms with Gasteiger partial charge in [0.15, 0.2) is 0 Å². The summed E-state index contributed by atoms with van der Waals surface area (Å²) in [6.45, 7) is 7.70. The molecular weight excluding hydrogens is 435 g/mol. The molecule has 2 aromatic carbocycles. The molecule has 0 saturated carbocycles. The number of hydrogen-bond donors (Lipinski definition) is 0. The van der Waals surface area contributed by atoms with Crippen LogP contribution in [0.1, 0.15) is 64.9 Å². The minimum absolute atomic E-state index is 0.676. The number of ether oxygens (including phenoxy) is 1. The molecule has 0 aliphatic rings. The van der Waals surface area contributed by atoms with Gasteiger partial charge < -0.3 is 0 Å². The molecule has 0 radical (unpaired) electrons. The van der Waals surface area contributed by atoms with E-state index < -0.39 is 18.4 Å². The van der Waals surface area contributed by atoms with Crippen LogP contribution < -0.4 is 8.32 Å². The van der Waals surface area contributed by atoms with Crippen LogP contribution in [0.3, 0.4) is 0 Å². The van der Waals surface area contributed by atoms with E-state index in [1.165, 1.54) is 63.1 Å². The van der Waals surface area contributed by atoms with Gasteiger partial charge in [-0.25, -0.2) is 0 Å². The maximum atomic E-state index is 6.42. The van der Waals surface area contributed by atoms with Crippen LogP contribution in [0.4, 0.5) is 0 Å². The minimum atomic E-state index is -2.46. The Kier molecular flexibility index (Phi) is 10.3. The Hall–Kier alpha value is -0.961. The van der Waals surface area contributed by atoms with E-state index in [1.54, 1.807) is 3.58 Å². The van der Waals surface area contributed by atoms with Crippen molar-refractivity contribution >= 4 is 22.0 Å². The van der Waals surface area contributed by atoms with Gasteiger partial charge in [-0.3, -0.25) is 0 Å². The third-order valence-corrected chi connectivity index (χ3v) is 21.4. The molecule has 2 rings (SSSR count). The number of benzene rings is 2. The van der Waals surface area contributed by atoms with Gasteiger partial charge in [-0.1, -0.05) is 0 Å². The second-order valence-corrected chi connectivity index (χ2v) is 21.0. The van der Waals surface area contributed by atoms with E-state index in [0.29, 0.717) is 6.61 Å². The molecule has 2 heteroatoms. The van der Waals surface area contributed by atoms with Crippen molar-refractivity contribution in [3.05, 3.63) is 60.2 Å². The first-order valence-corrected chi connectivity index (χ1v) is 18.5. The van der Waals surface area contributed by atoms with Crippen LogP contribution in [-0.4, -0.2) is 18.4 Å². The normalized spacial score (nSPS) is 11.5. The Morgan fingerprint density at radius 1 is 0.667 bits per heavy atom. The van der Waals surface area contributed by atoms with Crippen molar-refractivity contribution in [3.8, 4) is 5.75 Å². The summed E-state index contributed by atoms with van der Waals surface area (Å²) in [6.07, 6.45) is 8.08. The van der Waals surface area contributed by atoms with Gasteiger partial charge in [-0.15, -0.1) is 0 Å². The van der Waals surface area contributed by atoms with Gasteiger partial charge in [0.1, 0.15) is 0 Å². The first kappa shape index (κ1) is 22.3. The van der Waals surface area contributed by atoms with Crippen molar-refractivity contribution in [2.75, 3.05) is 0 Å². The summed E-state index contributed by atoms with van der Waals surface area (Å²) in [4.78, 5) is 0. The Labute approximate surface area is 171 Å². The first-order chi connectivity index (χ1) is 13.3. The summed E-state index contributed by atoms with van der Waals surface area (Å²) in [6, 6.07) is 19.6. The summed E-state index contributed by atoms with van der Waals surface area (Å²) in [5, 5.41) is 0. The topological polar surface area (TPSA) is 9.23 Å². The summed E-state index contributed by atoms with van der Waals surface area (Å²) < 4.78 is 12.5. The Bertz CT molecular complexity index is 616. The van der Waals surface area contributed by atoms with E-state index in [4.69, 9.17) is 4.74 Å². The van der Waals surface area contributed by atoms with Gasteiger partial charge in [0.25, 0.3) is 0 Å². The third kappa shape index (κ3) is 6.85. The van der Waals surface area contributed by atoms with Crippen LogP contribution in [-0.2, 0) is 6.61 Å². The molecule has 0 amide bonds. The summed E-state index contributed by atoms with van der Waals surface area (Å²) in [5.41, 5.74) is 1.25. The molecule has 0 bridgehead atoms. The van der Waals surface area contributed by atoms with Crippen LogP contribution in [0, 0.1) is 0 Å². The van der Waals surface area contributed by atoms with E-state index >= 15 is 0 Å². The van der Waals surface area contributed by atoms with Crippen LogP contribution in [0.2, 0.25) is 13.3 Å². The van der Waals surface area contributed by atoms with Crippen LogP contribution in [0.25, 0.3) is 0 Å². The molecule has 0 atom stereocenters. The van der Waals surface area contributed by atoms with Crippen LogP contribution in [0.15, 0.2) is 54.6 Å². The van der Waals surface area contributed by atoms with Crippen LogP contribution >= 0.6 is 0 Å². The fourth-order valence-corrected chi connectivity index (χ4v) is 20.6. The van der Waals surface area contributed by atoms with Crippen molar-refractivity contribution in [1.82, 2.24) is 0 Å². The molecule has 2 aromatic rings. The van der Waals surface area contributed by atoms with Gasteiger partial charge in [0.2, 0.25) is 0 Å². The van der Waals surface area contributed by atoms with Crippen molar-refractivity contribution in [2.24, 2.45) is 0 Å². The fraction of sp³-hybridized carbons (Fsp3) is 0.520. The van der Waals surface area contributed by atoms with E-state index in [1.807, 2.05) is 0 Å². The van der Waals surface area contributed by atoms with E-state index in [2.05, 4.69) is 75.4 Å². The second-order valence-electron chi connectivity index (χ2n) is 7.86. The third-order valence-electron chi connectivity index (χ3n) is 5.72. The number of para-hydroxylation sites is 1. The molecule has 0 aromatic heterocycles. The van der Waals surface area contributed by atoms with Gasteiger partial charge in [-0.05, 0) is 0 Å². The van der Waals surface area contributed by atoms with Crippen molar-refractivity contribution in [1.29, 1.82) is 0 Å². The molecule has 0 aliphatic carbocycles. The number of unbranched alkanes of at least 4 members (excludes halogenated alkanes) is 3. The molecular formula is C25H38OSn. The average molecular weight is 473 g/mol. The Morgan fingerprint density at radius 3 is 1.74 bits per heavy atom. The number of hydrogen-bond acceptors (Lipinski definition) is 1. The predicted octanol–water partition coefficient (Wildman–Crippen LogP) is 7.32. The summed E-state index contributed by atoms with van der Waals surface area (Å²) >= 11 is -2.46. The molecule has 148 valence electrons. The van der Waals surface area contributed by atoms with E-state index in [0.717, 1.165) is 0 Å². The SMILES string of the molecule is CCC[CH2][Sn]([CH2]CCC)([CH2]CCC)[c]1ccccc1OCc1ccccc1. The van der Waals surface area contributed by atoms with Gasteiger partial charge in [0, 0.05) is 0 Å². The van der Waals surface area contributed by atoms with Crippen molar-refractivity contribution in [3.63, 3.8) is 0 Å². The average Bonchev–Trinajstić information content (AvgIpc) is 2.73. The molecule has 27 heavy (non-hydrogen) atoms.